The first kappa shape index (κ1) is 30.5. The topological polar surface area (TPSA) is 90.9 Å². The lowest BCUT2D eigenvalue weighted by Gasteiger charge is -2.48. The zero-order valence-electron chi connectivity index (χ0n) is 24.9. The Morgan fingerprint density at radius 1 is 0.860 bits per heavy atom. The van der Waals surface area contributed by atoms with Gasteiger partial charge >= 0.3 is 0 Å². The second kappa shape index (κ2) is 14.0. The number of ether oxygens (including phenoxy) is 4. The maximum absolute atomic E-state index is 13.5. The molecule has 3 aromatic rings. The quantitative estimate of drug-likeness (QED) is 0.204. The van der Waals surface area contributed by atoms with Crippen LogP contribution in [0.1, 0.15) is 36.0 Å². The van der Waals surface area contributed by atoms with Gasteiger partial charge in [-0.1, -0.05) is 41.0 Å². The molecule has 0 atom stereocenters. The van der Waals surface area contributed by atoms with Crippen LogP contribution in [0.25, 0.3) is 0 Å². The van der Waals surface area contributed by atoms with Crippen LogP contribution in [-0.4, -0.2) is 64.0 Å². The average molecular weight is 608 g/mol. The molecular weight excluding hydrogens is 570 g/mol. The lowest BCUT2D eigenvalue weighted by molar-refractivity contribution is -0.116. The van der Waals surface area contributed by atoms with E-state index in [0.717, 1.165) is 61.5 Å². The van der Waals surface area contributed by atoms with Crippen molar-refractivity contribution in [1.29, 1.82) is 0 Å². The average Bonchev–Trinajstić information content (AvgIpc) is 3.06. The third kappa shape index (κ3) is 7.53. The van der Waals surface area contributed by atoms with Crippen LogP contribution in [0.3, 0.4) is 0 Å². The summed E-state index contributed by atoms with van der Waals surface area (Å²) in [7, 11) is 4.66. The number of methoxy groups -OCH3 is 2. The van der Waals surface area contributed by atoms with Gasteiger partial charge in [0.1, 0.15) is 31.8 Å². The molecule has 43 heavy (non-hydrogen) atoms. The molecule has 9 nitrogen and oxygen atoms in total. The van der Waals surface area contributed by atoms with Crippen molar-refractivity contribution in [2.75, 3.05) is 47.5 Å². The summed E-state index contributed by atoms with van der Waals surface area (Å²) < 4.78 is 22.9. The number of carbonyl (C=O) groups excluding carboxylic acids is 1. The molecule has 1 N–H and O–H groups in total. The predicted octanol–water partition coefficient (Wildman–Crippen LogP) is 5.47. The lowest BCUT2D eigenvalue weighted by Crippen LogP contribution is -2.53. The summed E-state index contributed by atoms with van der Waals surface area (Å²) in [5, 5.41) is 7.50. The smallest absolute Gasteiger partial charge is 0.273 e. The summed E-state index contributed by atoms with van der Waals surface area (Å²) in [6.45, 7) is 4.33. The van der Waals surface area contributed by atoms with E-state index in [-0.39, 0.29) is 35.3 Å². The highest BCUT2D eigenvalue weighted by Gasteiger charge is 2.39. The van der Waals surface area contributed by atoms with E-state index in [1.165, 1.54) is 7.11 Å². The molecule has 2 bridgehead atoms. The summed E-state index contributed by atoms with van der Waals surface area (Å²) in [6.07, 6.45) is 3.25. The van der Waals surface area contributed by atoms with Gasteiger partial charge in [-0.25, -0.2) is 0 Å². The van der Waals surface area contributed by atoms with Crippen LogP contribution >= 0.6 is 11.6 Å². The Hall–Kier alpha value is -3.95. The van der Waals surface area contributed by atoms with Crippen molar-refractivity contribution in [2.24, 2.45) is 10.6 Å². The largest absolute Gasteiger partial charge is 0.497 e. The number of benzene rings is 3. The van der Waals surface area contributed by atoms with Crippen molar-refractivity contribution >= 4 is 23.2 Å². The van der Waals surface area contributed by atoms with Gasteiger partial charge < -0.3 is 34.0 Å². The molecule has 3 aliphatic heterocycles. The molecule has 10 heteroatoms. The van der Waals surface area contributed by atoms with Gasteiger partial charge in [0.05, 0.1) is 19.2 Å². The second-order valence-corrected chi connectivity index (χ2v) is 11.4. The fourth-order valence-electron chi connectivity index (χ4n) is 5.54. The molecule has 6 rings (SSSR count). The molecule has 0 radical (unpaired) electrons. The number of fused-ring (bicyclic) bond motifs is 3. The van der Waals surface area contributed by atoms with Crippen molar-refractivity contribution in [1.82, 2.24) is 10.2 Å². The number of amides is 1. The molecule has 3 saturated heterocycles. The molecule has 0 aliphatic carbocycles. The molecule has 0 unspecified atom stereocenters. The molecule has 3 fully saturated rings. The summed E-state index contributed by atoms with van der Waals surface area (Å²) in [4.78, 5) is 21.1. The first-order valence-corrected chi connectivity index (χ1v) is 14.8. The SMILES string of the molecule is CO/N=C(\C(=O)NCC12CCN(CC1)CC2)c1cc(Cl)c(OCc2ccc(OC)cc2)c(OCc2ccc(OC)cc2)c1. The summed E-state index contributed by atoms with van der Waals surface area (Å²) in [6, 6.07) is 18.5. The Labute approximate surface area is 257 Å². The zero-order chi connectivity index (χ0) is 30.2. The predicted molar refractivity (Wildman–Crippen MR) is 165 cm³/mol. The van der Waals surface area contributed by atoms with Gasteiger partial charge in [-0.05, 0) is 91.8 Å². The fourth-order valence-corrected chi connectivity index (χ4v) is 5.81. The second-order valence-electron chi connectivity index (χ2n) is 11.0. The maximum atomic E-state index is 13.5. The van der Waals surface area contributed by atoms with Crippen molar-refractivity contribution in [3.05, 3.63) is 82.4 Å². The van der Waals surface area contributed by atoms with E-state index in [9.17, 15) is 4.79 Å². The molecular formula is C33H38ClN3O6. The molecule has 0 saturated carbocycles. The maximum Gasteiger partial charge on any atom is 0.273 e. The van der Waals surface area contributed by atoms with Gasteiger partial charge in [-0.15, -0.1) is 0 Å². The van der Waals surface area contributed by atoms with E-state index in [2.05, 4.69) is 15.4 Å². The van der Waals surface area contributed by atoms with E-state index in [1.807, 2.05) is 48.5 Å². The Kier molecular flexibility index (Phi) is 9.94. The van der Waals surface area contributed by atoms with Gasteiger partial charge in [0.25, 0.3) is 5.91 Å². The van der Waals surface area contributed by atoms with E-state index < -0.39 is 0 Å². The number of carbonyl (C=O) groups is 1. The monoisotopic (exact) mass is 607 g/mol. The minimum absolute atomic E-state index is 0.116. The molecule has 3 aromatic carbocycles. The number of nitrogens with zero attached hydrogens (tertiary/aromatic N) is 2. The Balaban J connectivity index is 1.38. The van der Waals surface area contributed by atoms with Crippen LogP contribution < -0.4 is 24.3 Å². The summed E-state index contributed by atoms with van der Waals surface area (Å²) in [5.41, 5.74) is 2.55. The molecule has 0 aromatic heterocycles. The van der Waals surface area contributed by atoms with Crippen molar-refractivity contribution in [2.45, 2.75) is 32.5 Å². The van der Waals surface area contributed by atoms with E-state index in [0.29, 0.717) is 23.6 Å². The van der Waals surface area contributed by atoms with Crippen LogP contribution in [-0.2, 0) is 22.8 Å². The fraction of sp³-hybridized carbons (Fsp3) is 0.394. The normalized spacial score (nSPS) is 19.4. The molecule has 3 heterocycles. The van der Waals surface area contributed by atoms with E-state index >= 15 is 0 Å². The van der Waals surface area contributed by atoms with E-state index in [1.54, 1.807) is 26.4 Å². The van der Waals surface area contributed by atoms with Crippen LogP contribution in [0.15, 0.2) is 65.8 Å². The minimum atomic E-state index is -0.326. The van der Waals surface area contributed by atoms with Crippen LogP contribution in [0.4, 0.5) is 0 Å². The van der Waals surface area contributed by atoms with Gasteiger partial charge in [0.15, 0.2) is 17.2 Å². The summed E-state index contributed by atoms with van der Waals surface area (Å²) in [5.74, 6) is 1.92. The van der Waals surface area contributed by atoms with E-state index in [4.69, 9.17) is 35.4 Å². The number of hydrogen-bond acceptors (Lipinski definition) is 8. The zero-order valence-corrected chi connectivity index (χ0v) is 25.6. The standard InChI is InChI=1S/C33H38ClN3O6/c1-39-26-8-4-23(5-9-26)20-42-29-19-25(18-28(34)31(29)43-21-24-6-10-27(40-2)11-7-24)30(36-41-3)32(38)35-22-33-12-15-37(16-13-33)17-14-33/h4-11,18-19H,12-17,20-22H2,1-3H3,(H,35,38)/b36-30-. The minimum Gasteiger partial charge on any atom is -0.497 e. The number of nitrogens with one attached hydrogen (secondary N) is 1. The Morgan fingerprint density at radius 3 is 1.95 bits per heavy atom. The van der Waals surface area contributed by atoms with Gasteiger partial charge in [0, 0.05) is 12.1 Å². The van der Waals surface area contributed by atoms with Crippen molar-refractivity contribution < 1.29 is 28.6 Å². The van der Waals surface area contributed by atoms with Crippen molar-refractivity contribution in [3.63, 3.8) is 0 Å². The first-order chi connectivity index (χ1) is 20.9. The third-order valence-corrected chi connectivity index (χ3v) is 8.56. The Morgan fingerprint density at radius 2 is 1.42 bits per heavy atom. The summed E-state index contributed by atoms with van der Waals surface area (Å²) >= 11 is 6.79. The van der Waals surface area contributed by atoms with Gasteiger partial charge in [-0.3, -0.25) is 4.79 Å². The number of rotatable bonds is 13. The molecule has 3 aliphatic rings. The molecule has 228 valence electrons. The highest BCUT2D eigenvalue weighted by molar-refractivity contribution is 6.46. The highest BCUT2D eigenvalue weighted by atomic mass is 35.5. The molecule has 0 spiro atoms. The number of halogens is 1. The van der Waals surface area contributed by atoms with Crippen LogP contribution in [0.5, 0.6) is 23.0 Å². The lowest BCUT2D eigenvalue weighted by atomic mass is 9.72. The highest BCUT2D eigenvalue weighted by Crippen LogP contribution is 2.40. The molecule has 1 amide bonds. The number of oxime groups is 1. The van der Waals surface area contributed by atoms with Gasteiger partial charge in [0.2, 0.25) is 0 Å². The third-order valence-electron chi connectivity index (χ3n) is 8.28. The number of piperidine rings is 3. The Bertz CT molecular complexity index is 1410. The van der Waals surface area contributed by atoms with Crippen LogP contribution in [0, 0.1) is 5.41 Å². The first-order valence-electron chi connectivity index (χ1n) is 14.4. The van der Waals surface area contributed by atoms with Crippen LogP contribution in [0.2, 0.25) is 5.02 Å². The number of hydrogen-bond donors (Lipinski definition) is 1. The van der Waals surface area contributed by atoms with Gasteiger partial charge in [-0.2, -0.15) is 0 Å². The van der Waals surface area contributed by atoms with Crippen molar-refractivity contribution in [3.8, 4) is 23.0 Å².